The van der Waals surface area contributed by atoms with Gasteiger partial charge in [-0.3, -0.25) is 19.5 Å². The van der Waals surface area contributed by atoms with Crippen molar-refractivity contribution in [2.24, 2.45) is 0 Å². The molecule has 1 aromatic carbocycles. The van der Waals surface area contributed by atoms with Gasteiger partial charge >= 0.3 is 6.09 Å². The molecule has 2 aliphatic rings. The van der Waals surface area contributed by atoms with Crippen LogP contribution in [0.4, 0.5) is 4.79 Å². The minimum absolute atomic E-state index is 0.0107. The normalized spacial score (nSPS) is 19.3. The molecule has 0 spiro atoms. The molecule has 10 heteroatoms. The number of nitrogens with zero attached hydrogens (tertiary/aromatic N) is 4. The van der Waals surface area contributed by atoms with Crippen molar-refractivity contribution in [2.75, 3.05) is 26.0 Å². The van der Waals surface area contributed by atoms with E-state index in [0.29, 0.717) is 24.9 Å². The predicted octanol–water partition coefficient (Wildman–Crippen LogP) is 1.87. The van der Waals surface area contributed by atoms with Gasteiger partial charge in [-0.15, -0.1) is 10.2 Å². The Bertz CT molecular complexity index is 1010. The van der Waals surface area contributed by atoms with E-state index >= 15 is 0 Å². The fourth-order valence-corrected chi connectivity index (χ4v) is 4.66. The summed E-state index contributed by atoms with van der Waals surface area (Å²) in [7, 11) is 0. The number of rotatable bonds is 7. The first-order valence-corrected chi connectivity index (χ1v) is 12.0. The van der Waals surface area contributed by atoms with Gasteiger partial charge in [0.2, 0.25) is 5.91 Å². The van der Waals surface area contributed by atoms with Crippen molar-refractivity contribution in [3.05, 3.63) is 51.9 Å². The van der Waals surface area contributed by atoms with E-state index in [1.165, 1.54) is 17.3 Å². The lowest BCUT2D eigenvalue weighted by Gasteiger charge is -2.38. The van der Waals surface area contributed by atoms with E-state index in [-0.39, 0.29) is 48.2 Å². The average Bonchev–Trinajstić information content (AvgIpc) is 3.18. The molecule has 170 valence electrons. The lowest BCUT2D eigenvalue weighted by Crippen LogP contribution is -2.50. The lowest BCUT2D eigenvalue weighted by atomic mass is 9.99. The average molecular weight is 458 g/mol. The predicted molar refractivity (Wildman–Crippen MR) is 119 cm³/mol. The molecule has 0 saturated carbocycles. The molecule has 2 aliphatic heterocycles. The highest BCUT2D eigenvalue weighted by atomic mass is 32.2. The summed E-state index contributed by atoms with van der Waals surface area (Å²) in [6.45, 7) is 1.56. The van der Waals surface area contributed by atoms with Crippen molar-refractivity contribution >= 4 is 23.8 Å². The van der Waals surface area contributed by atoms with Gasteiger partial charge in [0.1, 0.15) is 12.3 Å². The molecule has 1 unspecified atom stereocenters. The fraction of sp³-hybridized carbons (Fsp3) is 0.500. The maximum absolute atomic E-state index is 12.7. The Morgan fingerprint density at radius 2 is 1.94 bits per heavy atom. The minimum atomic E-state index is -0.298. The summed E-state index contributed by atoms with van der Waals surface area (Å²) < 4.78 is 5.35. The van der Waals surface area contributed by atoms with E-state index in [4.69, 9.17) is 4.74 Å². The van der Waals surface area contributed by atoms with E-state index in [9.17, 15) is 14.4 Å². The van der Waals surface area contributed by atoms with Crippen LogP contribution in [0.25, 0.3) is 0 Å². The Balaban J connectivity index is 1.29. The number of aromatic amines is 1. The van der Waals surface area contributed by atoms with Crippen LogP contribution in [0.5, 0.6) is 0 Å². The Kier molecular flexibility index (Phi) is 7.09. The number of H-pyrrole nitrogens is 1. The summed E-state index contributed by atoms with van der Waals surface area (Å²) in [5, 5.41) is 8.32. The number of carbonyl (C=O) groups is 2. The molecule has 4 rings (SSSR count). The molecule has 1 N–H and O–H groups in total. The molecule has 2 fully saturated rings. The summed E-state index contributed by atoms with van der Waals surface area (Å²) in [5.41, 5.74) is 1.15. The van der Waals surface area contributed by atoms with Gasteiger partial charge < -0.3 is 9.64 Å². The highest BCUT2D eigenvalue weighted by Gasteiger charge is 2.39. The van der Waals surface area contributed by atoms with Crippen LogP contribution >= 0.6 is 11.8 Å². The Labute approximate surface area is 190 Å². The second-order valence-corrected chi connectivity index (χ2v) is 8.84. The molecule has 0 radical (unpaired) electrons. The quantitative estimate of drug-likeness (QED) is 0.632. The van der Waals surface area contributed by atoms with Crippen LogP contribution in [0.2, 0.25) is 0 Å². The Morgan fingerprint density at radius 3 is 2.62 bits per heavy atom. The number of piperidine rings is 1. The summed E-state index contributed by atoms with van der Waals surface area (Å²) >= 11 is 1.31. The standard InChI is InChI=1S/C22H27N5O4S/c1-32-21-23-20(29)18(24-25-21)7-8-19(28)26-11-9-16(10-12-26)27-17(14-31-22(27)30)13-15-5-3-2-4-6-15/h2-6,16-17H,7-14H2,1H3,(H,23,25,29). The number of amides is 2. The number of cyclic esters (lactones) is 1. The highest BCUT2D eigenvalue weighted by Crippen LogP contribution is 2.26. The number of thioether (sulfide) groups is 1. The smallest absolute Gasteiger partial charge is 0.410 e. The Hall–Kier alpha value is -2.88. The molecule has 32 heavy (non-hydrogen) atoms. The van der Waals surface area contributed by atoms with Gasteiger partial charge in [0, 0.05) is 32.0 Å². The van der Waals surface area contributed by atoms with Crippen molar-refractivity contribution in [1.82, 2.24) is 25.0 Å². The van der Waals surface area contributed by atoms with Gasteiger partial charge in [-0.2, -0.15) is 0 Å². The third-order valence-corrected chi connectivity index (χ3v) is 6.61. The first kappa shape index (κ1) is 22.3. The molecule has 2 saturated heterocycles. The topological polar surface area (TPSA) is 108 Å². The lowest BCUT2D eigenvalue weighted by molar-refractivity contribution is -0.132. The molecule has 1 aromatic heterocycles. The Morgan fingerprint density at radius 1 is 1.19 bits per heavy atom. The largest absolute Gasteiger partial charge is 0.447 e. The van der Waals surface area contributed by atoms with Crippen LogP contribution in [-0.4, -0.2) is 75.0 Å². The van der Waals surface area contributed by atoms with Gasteiger partial charge in [0.15, 0.2) is 5.16 Å². The zero-order chi connectivity index (χ0) is 22.5. The zero-order valence-electron chi connectivity index (χ0n) is 18.0. The van der Waals surface area contributed by atoms with Gasteiger partial charge in [0.05, 0.1) is 6.04 Å². The van der Waals surface area contributed by atoms with Gasteiger partial charge in [0.25, 0.3) is 5.56 Å². The van der Waals surface area contributed by atoms with E-state index < -0.39 is 0 Å². The first-order chi connectivity index (χ1) is 15.5. The molecule has 0 bridgehead atoms. The molecule has 2 aromatic rings. The van der Waals surface area contributed by atoms with Crippen LogP contribution < -0.4 is 5.56 Å². The molecule has 2 amide bonds. The maximum Gasteiger partial charge on any atom is 0.410 e. The summed E-state index contributed by atoms with van der Waals surface area (Å²) in [4.78, 5) is 43.4. The SMILES string of the molecule is CSc1nnc(CCC(=O)N2CCC(N3C(=O)OCC3Cc3ccccc3)CC2)c(=O)[nH]1. The van der Waals surface area contributed by atoms with Crippen LogP contribution in [0.1, 0.15) is 30.5 Å². The number of hydrogen-bond acceptors (Lipinski definition) is 7. The molecule has 9 nitrogen and oxygen atoms in total. The number of hydrogen-bond donors (Lipinski definition) is 1. The van der Waals surface area contributed by atoms with Crippen molar-refractivity contribution in [3.8, 4) is 0 Å². The van der Waals surface area contributed by atoms with Gasteiger partial charge in [-0.25, -0.2) is 4.79 Å². The van der Waals surface area contributed by atoms with Crippen LogP contribution in [-0.2, 0) is 22.4 Å². The van der Waals surface area contributed by atoms with Crippen molar-refractivity contribution in [3.63, 3.8) is 0 Å². The van der Waals surface area contributed by atoms with E-state index in [1.54, 1.807) is 6.26 Å². The monoisotopic (exact) mass is 457 g/mol. The second kappa shape index (κ2) is 10.2. The minimum Gasteiger partial charge on any atom is -0.447 e. The number of carbonyl (C=O) groups excluding carboxylic acids is 2. The first-order valence-electron chi connectivity index (χ1n) is 10.8. The van der Waals surface area contributed by atoms with E-state index in [0.717, 1.165) is 19.3 Å². The number of aryl methyl sites for hydroxylation is 1. The molecular formula is C22H27N5O4S. The fourth-order valence-electron chi connectivity index (χ4n) is 4.34. The number of aromatic nitrogens is 3. The third-order valence-electron chi connectivity index (χ3n) is 6.04. The summed E-state index contributed by atoms with van der Waals surface area (Å²) in [6.07, 6.45) is 4.21. The van der Waals surface area contributed by atoms with Gasteiger partial charge in [-0.1, -0.05) is 42.1 Å². The zero-order valence-corrected chi connectivity index (χ0v) is 18.8. The molecule has 3 heterocycles. The summed E-state index contributed by atoms with van der Waals surface area (Å²) in [6, 6.07) is 10.2. The molecule has 1 atom stereocenters. The van der Waals surface area contributed by atoms with Crippen LogP contribution in [0.3, 0.4) is 0 Å². The number of nitrogens with one attached hydrogen (secondary N) is 1. The maximum atomic E-state index is 12.7. The van der Waals surface area contributed by atoms with Crippen molar-refractivity contribution < 1.29 is 14.3 Å². The molecule has 0 aliphatic carbocycles. The number of benzene rings is 1. The van der Waals surface area contributed by atoms with Crippen LogP contribution in [0.15, 0.2) is 40.3 Å². The third kappa shape index (κ3) is 5.12. The van der Waals surface area contributed by atoms with Crippen molar-refractivity contribution in [1.29, 1.82) is 0 Å². The number of likely N-dealkylation sites (tertiary alicyclic amines) is 1. The van der Waals surface area contributed by atoms with Crippen LogP contribution in [0, 0.1) is 0 Å². The number of ether oxygens (including phenoxy) is 1. The van der Waals surface area contributed by atoms with Gasteiger partial charge in [-0.05, 0) is 31.1 Å². The second-order valence-electron chi connectivity index (χ2n) is 8.05. The van der Waals surface area contributed by atoms with Crippen molar-refractivity contribution in [2.45, 2.75) is 49.3 Å². The highest BCUT2D eigenvalue weighted by molar-refractivity contribution is 7.98. The van der Waals surface area contributed by atoms with E-state index in [1.807, 2.05) is 28.0 Å². The van der Waals surface area contributed by atoms with E-state index in [2.05, 4.69) is 27.3 Å². The molecular weight excluding hydrogens is 430 g/mol. The summed E-state index contributed by atoms with van der Waals surface area (Å²) in [5.74, 6) is -0.0107.